The van der Waals surface area contributed by atoms with Gasteiger partial charge in [-0.2, -0.15) is 0 Å². The van der Waals surface area contributed by atoms with Crippen LogP contribution in [-0.2, 0) is 6.54 Å². The van der Waals surface area contributed by atoms with Gasteiger partial charge < -0.3 is 14.3 Å². The van der Waals surface area contributed by atoms with Crippen LogP contribution in [0.5, 0.6) is 0 Å². The molecular weight excluding hydrogens is 258 g/mol. The second-order valence-electron chi connectivity index (χ2n) is 4.63. The first-order valence-corrected chi connectivity index (χ1v) is 6.35. The van der Waals surface area contributed by atoms with Gasteiger partial charge in [-0.15, -0.1) is 0 Å². The lowest BCUT2D eigenvalue weighted by Crippen LogP contribution is -2.28. The number of amides is 1. The summed E-state index contributed by atoms with van der Waals surface area (Å²) in [6, 6.07) is 2.53. The number of aryl methyl sites for hydroxylation is 2. The fraction of sp³-hybridized carbons (Fsp3) is 0.357. The minimum atomic E-state index is -0.389. The summed E-state index contributed by atoms with van der Waals surface area (Å²) < 4.78 is 7.18. The molecule has 6 nitrogen and oxygen atoms in total. The van der Waals surface area contributed by atoms with Crippen molar-refractivity contribution in [1.29, 1.82) is 0 Å². The normalized spacial score (nSPS) is 10.6. The van der Waals surface area contributed by atoms with E-state index in [2.05, 4.69) is 10.3 Å². The van der Waals surface area contributed by atoms with Crippen LogP contribution in [0.25, 0.3) is 0 Å². The highest BCUT2D eigenvalue weighted by atomic mass is 16.3. The third kappa shape index (κ3) is 3.14. The van der Waals surface area contributed by atoms with Crippen LogP contribution in [0.3, 0.4) is 0 Å². The van der Waals surface area contributed by atoms with Crippen molar-refractivity contribution in [1.82, 2.24) is 14.9 Å². The Morgan fingerprint density at radius 1 is 1.35 bits per heavy atom. The van der Waals surface area contributed by atoms with Crippen LogP contribution in [0.1, 0.15) is 27.7 Å². The zero-order chi connectivity index (χ0) is 14.7. The van der Waals surface area contributed by atoms with E-state index in [1.54, 1.807) is 13.3 Å². The molecule has 1 amide bonds. The first-order chi connectivity index (χ1) is 9.47. The first-order valence-electron chi connectivity index (χ1n) is 6.35. The van der Waals surface area contributed by atoms with Crippen molar-refractivity contribution in [3.05, 3.63) is 51.6 Å². The molecular formula is C14H17N3O3. The average Bonchev–Trinajstić information content (AvgIpc) is 2.69. The van der Waals surface area contributed by atoms with Gasteiger partial charge in [-0.1, -0.05) is 0 Å². The maximum absolute atomic E-state index is 11.9. The molecule has 2 aromatic heterocycles. The third-order valence-electron chi connectivity index (χ3n) is 3.10. The van der Waals surface area contributed by atoms with E-state index in [-0.39, 0.29) is 17.1 Å². The van der Waals surface area contributed by atoms with Crippen molar-refractivity contribution in [3.63, 3.8) is 0 Å². The summed E-state index contributed by atoms with van der Waals surface area (Å²) in [6.45, 7) is 6.60. The molecule has 0 saturated heterocycles. The largest absolute Gasteiger partial charge is 0.456 e. The lowest BCUT2D eigenvalue weighted by Gasteiger charge is -2.07. The molecule has 0 bridgehead atoms. The van der Waals surface area contributed by atoms with Crippen LogP contribution in [0.4, 0.5) is 0 Å². The predicted octanol–water partition coefficient (Wildman–Crippen LogP) is 1.19. The average molecular weight is 275 g/mol. The van der Waals surface area contributed by atoms with Crippen molar-refractivity contribution in [2.24, 2.45) is 0 Å². The first kappa shape index (κ1) is 14.0. The minimum Gasteiger partial charge on any atom is -0.456 e. The Balaban J connectivity index is 1.95. The summed E-state index contributed by atoms with van der Waals surface area (Å²) >= 11 is 0. The van der Waals surface area contributed by atoms with Crippen LogP contribution in [0.2, 0.25) is 0 Å². The third-order valence-corrected chi connectivity index (χ3v) is 3.10. The smallest absolute Gasteiger partial charge is 0.287 e. The van der Waals surface area contributed by atoms with Crippen molar-refractivity contribution in [2.45, 2.75) is 27.3 Å². The molecule has 0 aliphatic heterocycles. The number of nitrogens with zero attached hydrogens (tertiary/aromatic N) is 2. The van der Waals surface area contributed by atoms with Crippen molar-refractivity contribution in [2.75, 3.05) is 6.54 Å². The summed E-state index contributed by atoms with van der Waals surface area (Å²) in [4.78, 5) is 27.4. The van der Waals surface area contributed by atoms with Gasteiger partial charge >= 0.3 is 0 Å². The van der Waals surface area contributed by atoms with E-state index in [1.165, 1.54) is 12.1 Å². The maximum atomic E-state index is 11.9. The standard InChI is InChI=1S/C14H17N3O3/c1-9-6-12(18)7-13(20-9)14(19)15-4-5-17-8-16-10(2)11(17)3/h6-8H,4-5H2,1-3H3,(H,15,19). The summed E-state index contributed by atoms with van der Waals surface area (Å²) in [5.41, 5.74) is 1.81. The van der Waals surface area contributed by atoms with Crippen LogP contribution in [0, 0.1) is 20.8 Å². The molecule has 0 atom stereocenters. The number of carbonyl (C=O) groups is 1. The van der Waals surface area contributed by atoms with Crippen molar-refractivity contribution in [3.8, 4) is 0 Å². The van der Waals surface area contributed by atoms with E-state index < -0.39 is 0 Å². The van der Waals surface area contributed by atoms with Gasteiger partial charge in [0.25, 0.3) is 5.91 Å². The number of imidazole rings is 1. The van der Waals surface area contributed by atoms with Crippen molar-refractivity contribution < 1.29 is 9.21 Å². The Hall–Kier alpha value is -2.37. The fourth-order valence-corrected chi connectivity index (χ4v) is 1.86. The molecule has 1 N–H and O–H groups in total. The van der Waals surface area contributed by atoms with E-state index in [0.29, 0.717) is 18.8 Å². The number of hydrogen-bond acceptors (Lipinski definition) is 4. The van der Waals surface area contributed by atoms with Gasteiger partial charge in [0.1, 0.15) is 5.76 Å². The van der Waals surface area contributed by atoms with Crippen LogP contribution >= 0.6 is 0 Å². The van der Waals surface area contributed by atoms with Gasteiger partial charge in [0, 0.05) is 30.9 Å². The molecule has 2 aromatic rings. The molecule has 20 heavy (non-hydrogen) atoms. The molecule has 2 heterocycles. The molecule has 0 fully saturated rings. The topological polar surface area (TPSA) is 77.1 Å². The molecule has 0 saturated carbocycles. The van der Waals surface area contributed by atoms with Crippen molar-refractivity contribution >= 4 is 5.91 Å². The summed E-state index contributed by atoms with van der Waals surface area (Å²) in [6.07, 6.45) is 1.74. The second-order valence-corrected chi connectivity index (χ2v) is 4.63. The van der Waals surface area contributed by atoms with E-state index in [9.17, 15) is 9.59 Å². The quantitative estimate of drug-likeness (QED) is 0.909. The number of rotatable bonds is 4. The van der Waals surface area contributed by atoms with E-state index >= 15 is 0 Å². The van der Waals surface area contributed by atoms with E-state index in [0.717, 1.165) is 11.4 Å². The van der Waals surface area contributed by atoms with Gasteiger partial charge in [0.15, 0.2) is 11.2 Å². The molecule has 0 aromatic carbocycles. The van der Waals surface area contributed by atoms with E-state index in [4.69, 9.17) is 4.42 Å². The van der Waals surface area contributed by atoms with Gasteiger partial charge in [0.05, 0.1) is 12.0 Å². The Kier molecular flexibility index (Phi) is 4.02. The maximum Gasteiger partial charge on any atom is 0.287 e. The highest BCUT2D eigenvalue weighted by Crippen LogP contribution is 2.03. The van der Waals surface area contributed by atoms with Crippen LogP contribution < -0.4 is 10.7 Å². The molecule has 6 heteroatoms. The van der Waals surface area contributed by atoms with Crippen LogP contribution in [0.15, 0.2) is 27.7 Å². The molecule has 0 aliphatic carbocycles. The lowest BCUT2D eigenvalue weighted by atomic mass is 10.3. The summed E-state index contributed by atoms with van der Waals surface area (Å²) in [7, 11) is 0. The molecule has 0 aliphatic rings. The Morgan fingerprint density at radius 2 is 2.10 bits per heavy atom. The number of hydrogen-bond donors (Lipinski definition) is 1. The van der Waals surface area contributed by atoms with E-state index in [1.807, 2.05) is 18.4 Å². The lowest BCUT2D eigenvalue weighted by molar-refractivity contribution is 0.0920. The fourth-order valence-electron chi connectivity index (χ4n) is 1.86. The number of carbonyl (C=O) groups excluding carboxylic acids is 1. The minimum absolute atomic E-state index is 0.0357. The summed E-state index contributed by atoms with van der Waals surface area (Å²) in [5.74, 6) is 0.0672. The Morgan fingerprint density at radius 3 is 2.70 bits per heavy atom. The molecule has 2 rings (SSSR count). The zero-order valence-electron chi connectivity index (χ0n) is 11.8. The Bertz CT molecular complexity index is 685. The monoisotopic (exact) mass is 275 g/mol. The van der Waals surface area contributed by atoms with Crippen LogP contribution in [-0.4, -0.2) is 22.0 Å². The van der Waals surface area contributed by atoms with Gasteiger partial charge in [-0.25, -0.2) is 4.98 Å². The highest BCUT2D eigenvalue weighted by molar-refractivity contribution is 5.91. The SMILES string of the molecule is Cc1cc(=O)cc(C(=O)NCCn2cnc(C)c2C)o1. The molecule has 0 unspecified atom stereocenters. The second kappa shape index (κ2) is 5.73. The number of aromatic nitrogens is 2. The highest BCUT2D eigenvalue weighted by Gasteiger charge is 2.10. The van der Waals surface area contributed by atoms with Gasteiger partial charge in [0.2, 0.25) is 0 Å². The Labute approximate surface area is 116 Å². The van der Waals surface area contributed by atoms with Gasteiger partial charge in [-0.05, 0) is 20.8 Å². The molecule has 0 radical (unpaired) electrons. The predicted molar refractivity (Wildman–Crippen MR) is 73.7 cm³/mol. The molecule has 106 valence electrons. The zero-order valence-corrected chi connectivity index (χ0v) is 11.8. The molecule has 0 spiro atoms. The number of nitrogens with one attached hydrogen (secondary N) is 1. The van der Waals surface area contributed by atoms with Gasteiger partial charge in [-0.3, -0.25) is 9.59 Å². The summed E-state index contributed by atoms with van der Waals surface area (Å²) in [5, 5.41) is 2.72.